The molecule has 0 heterocycles. The summed E-state index contributed by atoms with van der Waals surface area (Å²) in [5.74, 6) is -0.235. The number of amides is 1. The molecule has 0 fully saturated rings. The summed E-state index contributed by atoms with van der Waals surface area (Å²) < 4.78 is 0. The van der Waals surface area contributed by atoms with Gasteiger partial charge in [0, 0.05) is 17.7 Å². The summed E-state index contributed by atoms with van der Waals surface area (Å²) in [6.45, 7) is 3.72. The topological polar surface area (TPSA) is 72.2 Å². The van der Waals surface area contributed by atoms with E-state index in [2.05, 4.69) is 5.32 Å². The van der Waals surface area contributed by atoms with E-state index in [1.807, 2.05) is 13.8 Å². The Labute approximate surface area is 104 Å². The minimum atomic E-state index is -0.567. The summed E-state index contributed by atoms with van der Waals surface area (Å²) in [6, 6.07) is 4.11. The molecule has 1 atom stereocenters. The lowest BCUT2D eigenvalue weighted by Crippen LogP contribution is -2.19. The summed E-state index contributed by atoms with van der Waals surface area (Å²) in [4.78, 5) is 21.6. The summed E-state index contributed by atoms with van der Waals surface area (Å²) in [6.07, 6.45) is 0.729. The second-order valence-corrected chi connectivity index (χ2v) is 4.13. The highest BCUT2D eigenvalue weighted by Gasteiger charge is 2.14. The van der Waals surface area contributed by atoms with Crippen molar-refractivity contribution in [3.8, 4) is 0 Å². The van der Waals surface area contributed by atoms with Crippen LogP contribution in [-0.4, -0.2) is 10.8 Å². The highest BCUT2D eigenvalue weighted by Crippen LogP contribution is 2.27. The van der Waals surface area contributed by atoms with Crippen molar-refractivity contribution in [1.29, 1.82) is 0 Å². The molecule has 92 valence electrons. The van der Waals surface area contributed by atoms with Crippen molar-refractivity contribution >= 4 is 28.9 Å². The summed E-state index contributed by atoms with van der Waals surface area (Å²) in [5, 5.41) is 13.2. The van der Waals surface area contributed by atoms with Crippen LogP contribution in [0.4, 0.5) is 11.4 Å². The number of nitro groups is 1. The first-order valence-corrected chi connectivity index (χ1v) is 5.58. The smallest absolute Gasteiger partial charge is 0.288 e. The lowest BCUT2D eigenvalue weighted by Gasteiger charge is -2.09. The van der Waals surface area contributed by atoms with Gasteiger partial charge < -0.3 is 5.32 Å². The van der Waals surface area contributed by atoms with E-state index in [0.29, 0.717) is 5.69 Å². The van der Waals surface area contributed by atoms with Crippen molar-refractivity contribution in [3.63, 3.8) is 0 Å². The van der Waals surface area contributed by atoms with Crippen LogP contribution in [0.2, 0.25) is 5.02 Å². The number of nitro benzene ring substituents is 1. The van der Waals surface area contributed by atoms with Gasteiger partial charge >= 0.3 is 0 Å². The number of carbonyl (C=O) groups is 1. The first-order valence-electron chi connectivity index (χ1n) is 5.20. The molecule has 1 aromatic carbocycles. The van der Waals surface area contributed by atoms with Crippen LogP contribution in [0.25, 0.3) is 0 Å². The third kappa shape index (κ3) is 3.42. The Hall–Kier alpha value is -1.62. The number of hydrogen-bond acceptors (Lipinski definition) is 3. The van der Waals surface area contributed by atoms with Gasteiger partial charge in [-0.15, -0.1) is 0 Å². The van der Waals surface area contributed by atoms with E-state index in [0.717, 1.165) is 6.42 Å². The quantitative estimate of drug-likeness (QED) is 0.664. The zero-order valence-corrected chi connectivity index (χ0v) is 10.3. The maximum atomic E-state index is 11.6. The van der Waals surface area contributed by atoms with Gasteiger partial charge in [0.05, 0.1) is 4.92 Å². The number of nitrogens with zero attached hydrogens (tertiary/aromatic N) is 1. The van der Waals surface area contributed by atoms with Gasteiger partial charge in [-0.05, 0) is 18.6 Å². The molecular weight excluding hydrogens is 244 g/mol. The molecule has 5 nitrogen and oxygen atoms in total. The van der Waals surface area contributed by atoms with E-state index in [1.165, 1.54) is 18.2 Å². The van der Waals surface area contributed by atoms with Crippen molar-refractivity contribution in [2.45, 2.75) is 20.3 Å². The predicted molar refractivity (Wildman–Crippen MR) is 66.2 cm³/mol. The molecule has 0 saturated heterocycles. The maximum Gasteiger partial charge on any atom is 0.288 e. The minimum absolute atomic E-state index is 0.0111. The first kappa shape index (κ1) is 13.4. The van der Waals surface area contributed by atoms with Crippen molar-refractivity contribution in [2.24, 2.45) is 5.92 Å². The zero-order chi connectivity index (χ0) is 13.0. The van der Waals surface area contributed by atoms with Crippen LogP contribution in [0.3, 0.4) is 0 Å². The first-order chi connectivity index (χ1) is 7.95. The average Bonchev–Trinajstić information content (AvgIpc) is 2.27. The van der Waals surface area contributed by atoms with E-state index in [-0.39, 0.29) is 22.5 Å². The van der Waals surface area contributed by atoms with Gasteiger partial charge in [0.25, 0.3) is 5.69 Å². The molecule has 17 heavy (non-hydrogen) atoms. The molecule has 0 bridgehead atoms. The molecule has 0 radical (unpaired) electrons. The van der Waals surface area contributed by atoms with Gasteiger partial charge in [-0.2, -0.15) is 0 Å². The Balaban J connectivity index is 2.84. The average molecular weight is 257 g/mol. The third-order valence-corrected chi connectivity index (χ3v) is 2.77. The van der Waals surface area contributed by atoms with E-state index in [1.54, 1.807) is 0 Å². The van der Waals surface area contributed by atoms with Crippen LogP contribution in [0.15, 0.2) is 18.2 Å². The molecule has 0 aliphatic rings. The zero-order valence-electron chi connectivity index (χ0n) is 9.57. The molecule has 1 rings (SSSR count). The highest BCUT2D eigenvalue weighted by molar-refractivity contribution is 6.33. The van der Waals surface area contributed by atoms with Gasteiger partial charge in [0.1, 0.15) is 5.02 Å². The Morgan fingerprint density at radius 2 is 2.24 bits per heavy atom. The number of anilines is 1. The summed E-state index contributed by atoms with van der Waals surface area (Å²) in [5.41, 5.74) is 0.291. The molecule has 0 aromatic heterocycles. The molecule has 6 heteroatoms. The summed E-state index contributed by atoms with van der Waals surface area (Å²) >= 11 is 5.73. The van der Waals surface area contributed by atoms with Crippen LogP contribution >= 0.6 is 11.6 Å². The number of halogens is 1. The molecule has 0 aliphatic heterocycles. The standard InChI is InChI=1S/C11H13ClN2O3/c1-3-7(2)11(15)13-8-4-5-10(14(16)17)9(12)6-8/h4-7H,3H2,1-2H3,(H,13,15). The fourth-order valence-corrected chi connectivity index (χ4v) is 1.43. The van der Waals surface area contributed by atoms with Crippen LogP contribution < -0.4 is 5.32 Å². The molecule has 1 aromatic rings. The van der Waals surface area contributed by atoms with E-state index >= 15 is 0 Å². The van der Waals surface area contributed by atoms with Crippen molar-refractivity contribution in [2.75, 3.05) is 5.32 Å². The van der Waals surface area contributed by atoms with Crippen LogP contribution in [0.1, 0.15) is 20.3 Å². The van der Waals surface area contributed by atoms with Crippen LogP contribution in [0, 0.1) is 16.0 Å². The molecule has 0 aliphatic carbocycles. The lowest BCUT2D eigenvalue weighted by molar-refractivity contribution is -0.384. The minimum Gasteiger partial charge on any atom is -0.326 e. The van der Waals surface area contributed by atoms with Gasteiger partial charge in [-0.25, -0.2) is 0 Å². The van der Waals surface area contributed by atoms with E-state index in [9.17, 15) is 14.9 Å². The SMILES string of the molecule is CCC(C)C(=O)Nc1ccc([N+](=O)[O-])c(Cl)c1. The van der Waals surface area contributed by atoms with E-state index in [4.69, 9.17) is 11.6 Å². The number of rotatable bonds is 4. The predicted octanol–water partition coefficient (Wildman–Crippen LogP) is 3.23. The lowest BCUT2D eigenvalue weighted by atomic mass is 10.1. The highest BCUT2D eigenvalue weighted by atomic mass is 35.5. The monoisotopic (exact) mass is 256 g/mol. The van der Waals surface area contributed by atoms with Crippen molar-refractivity contribution in [3.05, 3.63) is 33.3 Å². The summed E-state index contributed by atoms with van der Waals surface area (Å²) in [7, 11) is 0. The van der Waals surface area contributed by atoms with Gasteiger partial charge in [-0.1, -0.05) is 25.4 Å². The van der Waals surface area contributed by atoms with E-state index < -0.39 is 4.92 Å². The van der Waals surface area contributed by atoms with Gasteiger partial charge in [0.2, 0.25) is 5.91 Å². The Bertz CT molecular complexity index is 448. The molecule has 1 unspecified atom stereocenters. The largest absolute Gasteiger partial charge is 0.326 e. The van der Waals surface area contributed by atoms with Gasteiger partial charge in [0.15, 0.2) is 0 Å². The molecule has 0 spiro atoms. The number of benzene rings is 1. The fraction of sp³-hybridized carbons (Fsp3) is 0.364. The number of hydrogen-bond donors (Lipinski definition) is 1. The molecular formula is C11H13ClN2O3. The molecule has 1 N–H and O–H groups in total. The molecule has 0 saturated carbocycles. The Morgan fingerprint density at radius 3 is 2.71 bits per heavy atom. The Morgan fingerprint density at radius 1 is 1.59 bits per heavy atom. The van der Waals surface area contributed by atoms with Gasteiger partial charge in [-0.3, -0.25) is 14.9 Å². The van der Waals surface area contributed by atoms with Crippen LogP contribution in [0.5, 0.6) is 0 Å². The number of carbonyl (C=O) groups excluding carboxylic acids is 1. The second kappa shape index (κ2) is 5.63. The Kier molecular flexibility index (Phi) is 4.45. The fourth-order valence-electron chi connectivity index (χ4n) is 1.18. The van der Waals surface area contributed by atoms with Crippen molar-refractivity contribution in [1.82, 2.24) is 0 Å². The van der Waals surface area contributed by atoms with Crippen LogP contribution in [-0.2, 0) is 4.79 Å². The normalized spacial score (nSPS) is 11.9. The second-order valence-electron chi connectivity index (χ2n) is 3.72. The molecule has 1 amide bonds. The number of nitrogens with one attached hydrogen (secondary N) is 1. The third-order valence-electron chi connectivity index (χ3n) is 2.47. The maximum absolute atomic E-state index is 11.6. The van der Waals surface area contributed by atoms with Crippen molar-refractivity contribution < 1.29 is 9.72 Å².